The van der Waals surface area contributed by atoms with Gasteiger partial charge in [-0.3, -0.25) is 0 Å². The van der Waals surface area contributed by atoms with Crippen LogP contribution in [-0.2, 0) is 9.53 Å². The number of esters is 1. The van der Waals surface area contributed by atoms with Crippen LogP contribution in [0.2, 0.25) is 0 Å². The van der Waals surface area contributed by atoms with Gasteiger partial charge < -0.3 is 30.3 Å². The van der Waals surface area contributed by atoms with Crippen LogP contribution in [0.1, 0.15) is 92.1 Å². The molecule has 5 aliphatic carbocycles. The molecule has 1 aromatic carbocycles. The Balaban J connectivity index is 1.31. The number of allylic oxidation sites excluding steroid dienone is 2. The molecular weight excluding hydrogens is 580 g/mol. The molecule has 46 heavy (non-hydrogen) atoms. The van der Waals surface area contributed by atoms with Crippen molar-refractivity contribution >= 4 is 12.0 Å². The summed E-state index contributed by atoms with van der Waals surface area (Å²) in [5, 5.41) is 56.8. The zero-order chi connectivity index (χ0) is 33.5. The van der Waals surface area contributed by atoms with E-state index in [1.54, 1.807) is 6.08 Å². The summed E-state index contributed by atoms with van der Waals surface area (Å²) in [6.45, 7) is 12.9. The van der Waals surface area contributed by atoms with Gasteiger partial charge in [0.2, 0.25) is 0 Å². The molecule has 5 aliphatic rings. The van der Waals surface area contributed by atoms with E-state index in [1.165, 1.54) is 11.6 Å². The topological polar surface area (TPSA) is 127 Å². The van der Waals surface area contributed by atoms with Gasteiger partial charge in [-0.25, -0.2) is 4.79 Å². The number of benzene rings is 1. The molecule has 0 spiro atoms. The Morgan fingerprint density at radius 1 is 0.891 bits per heavy atom. The van der Waals surface area contributed by atoms with Crippen molar-refractivity contribution < 1.29 is 35.1 Å². The molecule has 7 heteroatoms. The molecule has 0 aromatic heterocycles. The van der Waals surface area contributed by atoms with E-state index in [1.807, 2.05) is 44.2 Å². The molecule has 12 atom stereocenters. The van der Waals surface area contributed by atoms with Crippen molar-refractivity contribution in [1.82, 2.24) is 0 Å². The molecule has 0 radical (unpaired) electrons. The van der Waals surface area contributed by atoms with Gasteiger partial charge in [0, 0.05) is 11.5 Å². The maximum atomic E-state index is 12.8. The van der Waals surface area contributed by atoms with Crippen LogP contribution in [0.15, 0.2) is 48.1 Å². The number of carbonyl (C=O) groups excluding carboxylic acids is 1. The predicted octanol–water partition coefficient (Wildman–Crippen LogP) is 5.29. The van der Waals surface area contributed by atoms with Crippen LogP contribution in [0.5, 0.6) is 0 Å². The Hall–Kier alpha value is -2.03. The second kappa shape index (κ2) is 11.3. The van der Waals surface area contributed by atoms with E-state index in [2.05, 4.69) is 33.8 Å². The first kappa shape index (κ1) is 33.9. The lowest BCUT2D eigenvalue weighted by Gasteiger charge is -2.72. The monoisotopic (exact) mass is 636 g/mol. The van der Waals surface area contributed by atoms with E-state index in [9.17, 15) is 30.3 Å². The molecule has 0 bridgehead atoms. The molecule has 0 saturated heterocycles. The summed E-state index contributed by atoms with van der Waals surface area (Å²) in [5.41, 5.74) is -0.885. The van der Waals surface area contributed by atoms with E-state index >= 15 is 0 Å². The number of fused-ring (bicyclic) bond motifs is 7. The van der Waals surface area contributed by atoms with Gasteiger partial charge in [-0.1, -0.05) is 83.5 Å². The fraction of sp³-hybridized carbons (Fsp3) is 0.718. The fourth-order valence-corrected chi connectivity index (χ4v) is 11.9. The number of rotatable bonds is 5. The first-order valence-corrected chi connectivity index (χ1v) is 17.4. The Kier molecular flexibility index (Phi) is 8.29. The maximum Gasteiger partial charge on any atom is 0.330 e. The van der Waals surface area contributed by atoms with Gasteiger partial charge in [-0.15, -0.1) is 0 Å². The highest BCUT2D eigenvalue weighted by Crippen LogP contribution is 2.75. The van der Waals surface area contributed by atoms with Gasteiger partial charge in [0.05, 0.1) is 43.0 Å². The molecule has 0 amide bonds. The van der Waals surface area contributed by atoms with Crippen molar-refractivity contribution in [2.75, 3.05) is 13.2 Å². The second-order valence-electron chi connectivity index (χ2n) is 17.3. The predicted molar refractivity (Wildman–Crippen MR) is 177 cm³/mol. The van der Waals surface area contributed by atoms with Crippen LogP contribution in [0, 0.1) is 50.2 Å². The lowest BCUT2D eigenvalue weighted by atomic mass is 9.33. The normalized spacial score (nSPS) is 48.0. The minimum absolute atomic E-state index is 0.129. The summed E-state index contributed by atoms with van der Waals surface area (Å²) in [7, 11) is 0. The van der Waals surface area contributed by atoms with E-state index in [-0.39, 0.29) is 47.2 Å². The SMILES string of the molecule is CC1(C)CC2C3=CCC4[C@@]5(C)CC[C@H](O)[C@](C)(COC(=O)/C=C/c6ccccc6)C5CC[C@@]4(C)[C@]3(C)C[C@@H](O)[C@@]2(CO)[C@@H](O)[C@@H]1O. The standard InChI is InChI=1S/C39H56O7/c1-34(2)20-26-25-13-14-28-35(3)18-17-29(41)36(4,23-46-31(43)15-12-24-10-8-7-9-11-24)27(35)16-19-37(28,5)38(25,6)21-30(42)39(26,22-40)33(45)32(34)44/h7-13,15,26-30,32-33,40-42,44-45H,14,16-23H2,1-6H3/b15-12+/t26?,27?,28?,29-,30+,32-,33-,35-,36+,37+,38+,39-/m0/s1. The van der Waals surface area contributed by atoms with Crippen LogP contribution in [0.3, 0.4) is 0 Å². The maximum absolute atomic E-state index is 12.8. The zero-order valence-electron chi connectivity index (χ0n) is 28.6. The highest BCUT2D eigenvalue weighted by atomic mass is 16.5. The van der Waals surface area contributed by atoms with E-state index < -0.39 is 46.6 Å². The smallest absolute Gasteiger partial charge is 0.330 e. The summed E-state index contributed by atoms with van der Waals surface area (Å²) in [4.78, 5) is 12.8. The molecule has 3 unspecified atom stereocenters. The zero-order valence-corrected chi connectivity index (χ0v) is 28.6. The van der Waals surface area contributed by atoms with Gasteiger partial charge in [-0.2, -0.15) is 0 Å². The van der Waals surface area contributed by atoms with Crippen molar-refractivity contribution in [3.05, 3.63) is 53.6 Å². The van der Waals surface area contributed by atoms with Crippen molar-refractivity contribution in [3.8, 4) is 0 Å². The number of aliphatic hydroxyl groups excluding tert-OH is 5. The van der Waals surface area contributed by atoms with E-state index in [0.717, 1.165) is 31.2 Å². The molecule has 1 aromatic rings. The number of hydrogen-bond acceptors (Lipinski definition) is 7. The second-order valence-corrected chi connectivity index (χ2v) is 17.3. The number of carbonyl (C=O) groups is 1. The first-order chi connectivity index (χ1) is 21.5. The third kappa shape index (κ3) is 4.58. The molecule has 6 rings (SSSR count). The van der Waals surface area contributed by atoms with Crippen LogP contribution >= 0.6 is 0 Å². The molecule has 4 saturated carbocycles. The van der Waals surface area contributed by atoms with E-state index in [4.69, 9.17) is 4.74 Å². The molecular formula is C39H56O7. The van der Waals surface area contributed by atoms with Crippen molar-refractivity contribution in [2.45, 2.75) is 111 Å². The van der Waals surface area contributed by atoms with Crippen molar-refractivity contribution in [2.24, 2.45) is 50.2 Å². The largest absolute Gasteiger partial charge is 0.462 e. The minimum atomic E-state index is -1.23. The summed E-state index contributed by atoms with van der Waals surface area (Å²) in [5.74, 6) is -0.241. The number of aliphatic hydroxyl groups is 5. The van der Waals surface area contributed by atoms with Gasteiger partial charge in [0.15, 0.2) is 0 Å². The van der Waals surface area contributed by atoms with Gasteiger partial charge in [0.25, 0.3) is 0 Å². The quantitative estimate of drug-likeness (QED) is 0.169. The summed E-state index contributed by atoms with van der Waals surface area (Å²) < 4.78 is 5.87. The third-order valence-electron chi connectivity index (χ3n) is 14.9. The van der Waals surface area contributed by atoms with Crippen LogP contribution < -0.4 is 0 Å². The Bertz CT molecular complexity index is 1390. The van der Waals surface area contributed by atoms with Crippen LogP contribution in [0.4, 0.5) is 0 Å². The number of ether oxygens (including phenoxy) is 1. The average molecular weight is 637 g/mol. The average Bonchev–Trinajstić information content (AvgIpc) is 3.01. The lowest BCUT2D eigenvalue weighted by molar-refractivity contribution is -0.259. The summed E-state index contributed by atoms with van der Waals surface area (Å²) in [6, 6.07) is 9.64. The molecule has 5 N–H and O–H groups in total. The van der Waals surface area contributed by atoms with Crippen molar-refractivity contribution in [3.63, 3.8) is 0 Å². The third-order valence-corrected chi connectivity index (χ3v) is 14.9. The van der Waals surface area contributed by atoms with Crippen LogP contribution in [-0.4, -0.2) is 69.1 Å². The number of hydrogen-bond donors (Lipinski definition) is 5. The fourth-order valence-electron chi connectivity index (χ4n) is 11.9. The van der Waals surface area contributed by atoms with Gasteiger partial charge in [0.1, 0.15) is 0 Å². The first-order valence-electron chi connectivity index (χ1n) is 17.4. The van der Waals surface area contributed by atoms with E-state index in [0.29, 0.717) is 19.3 Å². The van der Waals surface area contributed by atoms with Crippen LogP contribution in [0.25, 0.3) is 6.08 Å². The molecule has 0 aliphatic heterocycles. The molecule has 254 valence electrons. The van der Waals surface area contributed by atoms with Gasteiger partial charge in [-0.05, 0) is 96.0 Å². The lowest BCUT2D eigenvalue weighted by Crippen LogP contribution is -2.71. The highest BCUT2D eigenvalue weighted by Gasteiger charge is 2.72. The Morgan fingerprint density at radius 2 is 1.59 bits per heavy atom. The molecule has 4 fully saturated rings. The minimum Gasteiger partial charge on any atom is -0.462 e. The Labute approximate surface area is 274 Å². The Morgan fingerprint density at radius 3 is 2.26 bits per heavy atom. The summed E-state index contributed by atoms with van der Waals surface area (Å²) in [6.07, 6.45) is 6.89. The van der Waals surface area contributed by atoms with Gasteiger partial charge >= 0.3 is 5.97 Å². The van der Waals surface area contributed by atoms with Crippen molar-refractivity contribution in [1.29, 1.82) is 0 Å². The highest BCUT2D eigenvalue weighted by molar-refractivity contribution is 5.87. The molecule has 0 heterocycles. The summed E-state index contributed by atoms with van der Waals surface area (Å²) >= 11 is 0. The molecule has 7 nitrogen and oxygen atoms in total.